The van der Waals surface area contributed by atoms with Crippen molar-refractivity contribution in [3.05, 3.63) is 53.9 Å². The van der Waals surface area contributed by atoms with Gasteiger partial charge < -0.3 is 10.5 Å². The number of ether oxygens (including phenoxy) is 1. The highest BCUT2D eigenvalue weighted by Crippen LogP contribution is 2.43. The van der Waals surface area contributed by atoms with Gasteiger partial charge in [-0.25, -0.2) is 4.98 Å². The van der Waals surface area contributed by atoms with Crippen LogP contribution in [0.15, 0.2) is 58.1 Å². The van der Waals surface area contributed by atoms with Gasteiger partial charge in [0.25, 0.3) is 4.21 Å². The number of nitrogen functional groups attached to an aromatic ring is 1. The van der Waals surface area contributed by atoms with Crippen LogP contribution in [0.1, 0.15) is 6.42 Å². The summed E-state index contributed by atoms with van der Waals surface area (Å²) in [5, 5.41) is 2.99. The van der Waals surface area contributed by atoms with Gasteiger partial charge in [-0.15, -0.1) is 11.3 Å². The summed E-state index contributed by atoms with van der Waals surface area (Å²) in [5.41, 5.74) is 10.3. The van der Waals surface area contributed by atoms with Crippen molar-refractivity contribution in [2.24, 2.45) is 0 Å². The van der Waals surface area contributed by atoms with Gasteiger partial charge >= 0.3 is 0 Å². The molecule has 1 aromatic carbocycles. The standard InChI is InChI=1S/C21H21N2O2S3/c1-25-10-6-12-28(24)21-19(22)18-15(14-7-3-2-4-8-14)13-16(23-20(18)27-21)17-9-5-11-26-17/h2-5,7-9,11,13,24H,6,10,12,22H2,1H3/q+1. The van der Waals surface area contributed by atoms with Crippen LogP contribution >= 0.6 is 22.7 Å². The zero-order valence-corrected chi connectivity index (χ0v) is 17.9. The first kappa shape index (κ1) is 19.4. The topological polar surface area (TPSA) is 68.4 Å². The van der Waals surface area contributed by atoms with Gasteiger partial charge in [0.2, 0.25) is 0 Å². The largest absolute Gasteiger partial charge is 0.393 e. The molecule has 28 heavy (non-hydrogen) atoms. The second-order valence-corrected chi connectivity index (χ2v) is 10.0. The molecule has 0 saturated carbocycles. The molecule has 0 spiro atoms. The number of methoxy groups -OCH3 is 1. The van der Waals surface area contributed by atoms with E-state index in [0.717, 1.165) is 42.5 Å². The van der Waals surface area contributed by atoms with Crippen molar-refractivity contribution in [3.8, 4) is 21.7 Å². The van der Waals surface area contributed by atoms with Crippen molar-refractivity contribution in [2.45, 2.75) is 10.6 Å². The van der Waals surface area contributed by atoms with Gasteiger partial charge in [-0.2, -0.15) is 4.55 Å². The van der Waals surface area contributed by atoms with Crippen LogP contribution in [0.4, 0.5) is 5.69 Å². The number of fused-ring (bicyclic) bond motifs is 1. The Morgan fingerprint density at radius 2 is 2.00 bits per heavy atom. The highest BCUT2D eigenvalue weighted by atomic mass is 32.2. The fraction of sp³-hybridized carbons (Fsp3) is 0.190. The second-order valence-electron chi connectivity index (χ2n) is 6.30. The minimum atomic E-state index is -0.911. The van der Waals surface area contributed by atoms with E-state index in [1.165, 1.54) is 11.3 Å². The molecule has 3 N–H and O–H groups in total. The Morgan fingerprint density at radius 1 is 1.18 bits per heavy atom. The van der Waals surface area contributed by atoms with Gasteiger partial charge in [-0.3, -0.25) is 0 Å². The van der Waals surface area contributed by atoms with E-state index in [9.17, 15) is 4.55 Å². The lowest BCUT2D eigenvalue weighted by atomic mass is 10.0. The highest BCUT2D eigenvalue weighted by molar-refractivity contribution is 7.93. The molecule has 0 fully saturated rings. The average Bonchev–Trinajstić information content (AvgIpc) is 3.37. The number of nitrogens with two attached hydrogens (primary N) is 1. The number of thiophene rings is 2. The summed E-state index contributed by atoms with van der Waals surface area (Å²) >= 11 is 2.26. The molecule has 7 heteroatoms. The van der Waals surface area contributed by atoms with E-state index in [1.54, 1.807) is 18.4 Å². The molecular formula is C21H21N2O2S3+. The molecular weight excluding hydrogens is 408 g/mol. The first-order chi connectivity index (χ1) is 13.7. The van der Waals surface area contributed by atoms with Crippen LogP contribution < -0.4 is 5.73 Å². The van der Waals surface area contributed by atoms with Crippen molar-refractivity contribution in [1.82, 2.24) is 4.98 Å². The van der Waals surface area contributed by atoms with E-state index in [4.69, 9.17) is 15.5 Å². The lowest BCUT2D eigenvalue weighted by molar-refractivity contribution is 0.199. The lowest BCUT2D eigenvalue weighted by Crippen LogP contribution is -2.08. The molecule has 4 nitrogen and oxygen atoms in total. The number of aromatic nitrogens is 1. The molecule has 4 aromatic rings. The monoisotopic (exact) mass is 429 g/mol. The zero-order valence-electron chi connectivity index (χ0n) is 15.4. The summed E-state index contributed by atoms with van der Waals surface area (Å²) in [5.74, 6) is 0.642. The fourth-order valence-corrected chi connectivity index (χ4v) is 6.45. The SMILES string of the molecule is COCCC[S+](O)c1sc2nc(-c3cccs3)cc(-c3ccccc3)c2c1N. The third kappa shape index (κ3) is 3.81. The third-order valence-corrected chi connectivity index (χ3v) is 8.36. The summed E-state index contributed by atoms with van der Waals surface area (Å²) in [4.78, 5) is 6.87. The van der Waals surface area contributed by atoms with Crippen LogP contribution in [0.25, 0.3) is 31.9 Å². The number of benzene rings is 1. The molecule has 3 heterocycles. The molecule has 0 radical (unpaired) electrons. The average molecular weight is 430 g/mol. The number of hydrogen-bond acceptors (Lipinski definition) is 6. The normalized spacial score (nSPS) is 12.5. The Labute approximate surface area is 175 Å². The summed E-state index contributed by atoms with van der Waals surface area (Å²) in [6.07, 6.45) is 0.795. The number of anilines is 1. The molecule has 0 saturated heterocycles. The summed E-state index contributed by atoms with van der Waals surface area (Å²) in [6, 6.07) is 16.4. The molecule has 4 rings (SSSR count). The van der Waals surface area contributed by atoms with E-state index >= 15 is 0 Å². The Hall–Kier alpha value is -1.90. The quantitative estimate of drug-likeness (QED) is 0.289. The van der Waals surface area contributed by atoms with Gasteiger partial charge in [-0.1, -0.05) is 47.7 Å². The molecule has 1 atom stereocenters. The van der Waals surface area contributed by atoms with Crippen molar-refractivity contribution < 1.29 is 9.29 Å². The minimum absolute atomic E-state index is 0.630. The molecule has 3 aromatic heterocycles. The maximum atomic E-state index is 10.7. The number of hydrogen-bond donors (Lipinski definition) is 2. The first-order valence-corrected chi connectivity index (χ1v) is 11.9. The predicted molar refractivity (Wildman–Crippen MR) is 122 cm³/mol. The van der Waals surface area contributed by atoms with E-state index in [1.807, 2.05) is 24.3 Å². The van der Waals surface area contributed by atoms with Crippen molar-refractivity contribution in [1.29, 1.82) is 0 Å². The first-order valence-electron chi connectivity index (χ1n) is 8.90. The number of nitrogens with zero attached hydrogens (tertiary/aromatic N) is 1. The fourth-order valence-electron chi connectivity index (χ4n) is 3.10. The Bertz CT molecular complexity index is 1060. The van der Waals surface area contributed by atoms with E-state index in [2.05, 4.69) is 29.6 Å². The van der Waals surface area contributed by atoms with Gasteiger partial charge in [0.1, 0.15) is 16.3 Å². The molecule has 0 amide bonds. The summed E-state index contributed by atoms with van der Waals surface area (Å²) in [6.45, 7) is 0.630. The van der Waals surface area contributed by atoms with Crippen LogP contribution in [-0.2, 0) is 15.9 Å². The van der Waals surface area contributed by atoms with Crippen LogP contribution in [0.3, 0.4) is 0 Å². The van der Waals surface area contributed by atoms with Crippen LogP contribution in [0.5, 0.6) is 0 Å². The van der Waals surface area contributed by atoms with Crippen LogP contribution in [0, 0.1) is 0 Å². The van der Waals surface area contributed by atoms with Crippen molar-refractivity contribution in [3.63, 3.8) is 0 Å². The molecule has 0 aliphatic heterocycles. The molecule has 0 aliphatic carbocycles. The number of rotatable bonds is 7. The second kappa shape index (κ2) is 8.63. The number of pyridine rings is 1. The zero-order chi connectivity index (χ0) is 19.5. The summed E-state index contributed by atoms with van der Waals surface area (Å²) in [7, 11) is 1.67. The van der Waals surface area contributed by atoms with Gasteiger partial charge in [0, 0.05) is 18.9 Å². The van der Waals surface area contributed by atoms with E-state index < -0.39 is 11.2 Å². The Kier molecular flexibility index (Phi) is 5.99. The third-order valence-electron chi connectivity index (χ3n) is 4.42. The van der Waals surface area contributed by atoms with E-state index in [-0.39, 0.29) is 0 Å². The van der Waals surface area contributed by atoms with Crippen LogP contribution in [0.2, 0.25) is 0 Å². The molecule has 0 aliphatic rings. The highest BCUT2D eigenvalue weighted by Gasteiger charge is 2.29. The van der Waals surface area contributed by atoms with E-state index in [0.29, 0.717) is 18.0 Å². The van der Waals surface area contributed by atoms with Crippen LogP contribution in [-0.4, -0.2) is 29.0 Å². The Balaban J connectivity index is 1.87. The predicted octanol–water partition coefficient (Wildman–Crippen LogP) is 5.76. The maximum Gasteiger partial charge on any atom is 0.269 e. The maximum absolute atomic E-state index is 10.7. The van der Waals surface area contributed by atoms with Crippen molar-refractivity contribution >= 4 is 49.8 Å². The lowest BCUT2D eigenvalue weighted by Gasteiger charge is -2.07. The summed E-state index contributed by atoms with van der Waals surface area (Å²) < 4.78 is 16.6. The minimum Gasteiger partial charge on any atom is -0.393 e. The van der Waals surface area contributed by atoms with Gasteiger partial charge in [-0.05, 0) is 28.6 Å². The molecule has 144 valence electrons. The van der Waals surface area contributed by atoms with Crippen molar-refractivity contribution in [2.75, 3.05) is 25.2 Å². The Morgan fingerprint density at radius 3 is 2.71 bits per heavy atom. The molecule has 0 bridgehead atoms. The van der Waals surface area contributed by atoms with Gasteiger partial charge in [0.15, 0.2) is 11.2 Å². The smallest absolute Gasteiger partial charge is 0.269 e. The molecule has 1 unspecified atom stereocenters. The van der Waals surface area contributed by atoms with Gasteiger partial charge in [0.05, 0.1) is 17.2 Å².